The van der Waals surface area contributed by atoms with E-state index < -0.39 is 0 Å². The maximum atomic E-state index is 4.28. The molecular weight excluding hydrogens is 198 g/mol. The molecular formula is C13H23N3. The summed E-state index contributed by atoms with van der Waals surface area (Å²) in [6.07, 6.45) is 3.09. The molecule has 0 amide bonds. The van der Waals surface area contributed by atoms with E-state index in [4.69, 9.17) is 0 Å². The van der Waals surface area contributed by atoms with Crippen molar-refractivity contribution in [3.05, 3.63) is 23.9 Å². The Morgan fingerprint density at radius 2 is 2.12 bits per heavy atom. The van der Waals surface area contributed by atoms with Gasteiger partial charge in [-0.15, -0.1) is 0 Å². The van der Waals surface area contributed by atoms with Crippen LogP contribution in [0.3, 0.4) is 0 Å². The lowest BCUT2D eigenvalue weighted by Crippen LogP contribution is -2.23. The summed E-state index contributed by atoms with van der Waals surface area (Å²) in [5.41, 5.74) is 1.33. The van der Waals surface area contributed by atoms with Crippen LogP contribution in [0.15, 0.2) is 18.3 Å². The van der Waals surface area contributed by atoms with Gasteiger partial charge in [-0.25, -0.2) is 4.98 Å². The zero-order chi connectivity index (χ0) is 11.8. The molecule has 0 aliphatic rings. The van der Waals surface area contributed by atoms with E-state index in [9.17, 15) is 0 Å². The first-order valence-electron chi connectivity index (χ1n) is 6.21. The number of pyridine rings is 1. The molecule has 3 heteroatoms. The minimum Gasteiger partial charge on any atom is -0.370 e. The molecule has 1 rings (SSSR count). The first kappa shape index (κ1) is 13.0. The van der Waals surface area contributed by atoms with Crippen molar-refractivity contribution in [3.8, 4) is 0 Å². The highest BCUT2D eigenvalue weighted by Gasteiger charge is 2.03. The summed E-state index contributed by atoms with van der Waals surface area (Å²) in [6, 6.07) is 4.24. The van der Waals surface area contributed by atoms with E-state index in [1.807, 2.05) is 6.20 Å². The first-order chi connectivity index (χ1) is 7.80. The molecule has 3 nitrogen and oxygen atoms in total. The number of aromatic nitrogens is 1. The van der Waals surface area contributed by atoms with Crippen LogP contribution in [0, 0.1) is 0 Å². The van der Waals surface area contributed by atoms with Gasteiger partial charge in [-0.05, 0) is 44.1 Å². The molecule has 16 heavy (non-hydrogen) atoms. The third-order valence-electron chi connectivity index (χ3n) is 2.58. The Morgan fingerprint density at radius 1 is 1.31 bits per heavy atom. The largest absolute Gasteiger partial charge is 0.370 e. The van der Waals surface area contributed by atoms with Gasteiger partial charge < -0.3 is 5.32 Å². The molecule has 1 aromatic rings. The maximum Gasteiger partial charge on any atom is 0.126 e. The fourth-order valence-corrected chi connectivity index (χ4v) is 1.77. The number of hydrogen-bond acceptors (Lipinski definition) is 3. The summed E-state index contributed by atoms with van der Waals surface area (Å²) in [7, 11) is 0. The minimum absolute atomic E-state index is 0.920. The highest BCUT2D eigenvalue weighted by atomic mass is 15.1. The van der Waals surface area contributed by atoms with Crippen molar-refractivity contribution in [1.82, 2.24) is 9.88 Å². The van der Waals surface area contributed by atoms with Crippen LogP contribution in [0.4, 0.5) is 5.82 Å². The second-order valence-electron chi connectivity index (χ2n) is 3.95. The van der Waals surface area contributed by atoms with Crippen LogP contribution in [0.1, 0.15) is 32.8 Å². The first-order valence-corrected chi connectivity index (χ1v) is 6.21. The molecule has 0 aliphatic carbocycles. The van der Waals surface area contributed by atoms with Gasteiger partial charge in [0.15, 0.2) is 0 Å². The predicted molar refractivity (Wildman–Crippen MR) is 69.6 cm³/mol. The van der Waals surface area contributed by atoms with Crippen molar-refractivity contribution in [3.63, 3.8) is 0 Å². The quantitative estimate of drug-likeness (QED) is 0.767. The van der Waals surface area contributed by atoms with Crippen LogP contribution >= 0.6 is 0 Å². The Labute approximate surface area is 98.9 Å². The number of hydrogen-bond donors (Lipinski definition) is 1. The average Bonchev–Trinajstić information content (AvgIpc) is 2.29. The van der Waals surface area contributed by atoms with Gasteiger partial charge in [0.1, 0.15) is 5.82 Å². The van der Waals surface area contributed by atoms with Crippen LogP contribution in [-0.2, 0) is 6.54 Å². The molecule has 0 aliphatic heterocycles. The zero-order valence-electron chi connectivity index (χ0n) is 10.7. The standard InChI is InChI=1S/C13H23N3/c1-4-9-16(6-3)11-12-7-8-15-13(10-12)14-5-2/h7-8,10H,4-6,9,11H2,1-3H3,(H,14,15). The fraction of sp³-hybridized carbons (Fsp3) is 0.615. The van der Waals surface area contributed by atoms with E-state index in [1.54, 1.807) is 0 Å². The van der Waals surface area contributed by atoms with Gasteiger partial charge in [0.05, 0.1) is 0 Å². The van der Waals surface area contributed by atoms with Gasteiger partial charge >= 0.3 is 0 Å². The molecule has 0 bridgehead atoms. The van der Waals surface area contributed by atoms with Crippen molar-refractivity contribution >= 4 is 5.82 Å². The summed E-state index contributed by atoms with van der Waals surface area (Å²) >= 11 is 0. The molecule has 1 aromatic heterocycles. The average molecular weight is 221 g/mol. The number of anilines is 1. The summed E-state index contributed by atoms with van der Waals surface area (Å²) in [5.74, 6) is 0.979. The third kappa shape index (κ3) is 4.19. The lowest BCUT2D eigenvalue weighted by Gasteiger charge is -2.19. The molecule has 1 heterocycles. The highest BCUT2D eigenvalue weighted by Crippen LogP contribution is 2.09. The van der Waals surface area contributed by atoms with Gasteiger partial charge in [0, 0.05) is 19.3 Å². The summed E-state index contributed by atoms with van der Waals surface area (Å²) < 4.78 is 0. The smallest absolute Gasteiger partial charge is 0.126 e. The Hall–Kier alpha value is -1.09. The normalized spacial score (nSPS) is 10.8. The number of nitrogens with one attached hydrogen (secondary N) is 1. The van der Waals surface area contributed by atoms with E-state index in [0.717, 1.165) is 32.0 Å². The van der Waals surface area contributed by atoms with E-state index in [1.165, 1.54) is 12.0 Å². The zero-order valence-corrected chi connectivity index (χ0v) is 10.7. The Bertz CT molecular complexity index is 299. The topological polar surface area (TPSA) is 28.2 Å². The van der Waals surface area contributed by atoms with Crippen molar-refractivity contribution < 1.29 is 0 Å². The monoisotopic (exact) mass is 221 g/mol. The molecule has 0 spiro atoms. The minimum atomic E-state index is 0.920. The molecule has 0 atom stereocenters. The van der Waals surface area contributed by atoms with Crippen molar-refractivity contribution in [2.45, 2.75) is 33.7 Å². The molecule has 0 aromatic carbocycles. The molecule has 0 saturated heterocycles. The fourth-order valence-electron chi connectivity index (χ4n) is 1.77. The van der Waals surface area contributed by atoms with Crippen molar-refractivity contribution in [2.24, 2.45) is 0 Å². The summed E-state index contributed by atoms with van der Waals surface area (Å²) in [5, 5.41) is 3.24. The van der Waals surface area contributed by atoms with Gasteiger partial charge in [-0.3, -0.25) is 4.90 Å². The van der Waals surface area contributed by atoms with E-state index in [-0.39, 0.29) is 0 Å². The second-order valence-corrected chi connectivity index (χ2v) is 3.95. The Balaban J connectivity index is 2.60. The molecule has 90 valence electrons. The number of rotatable bonds is 7. The van der Waals surface area contributed by atoms with Crippen LogP contribution < -0.4 is 5.32 Å². The van der Waals surface area contributed by atoms with Crippen LogP contribution in [-0.4, -0.2) is 29.5 Å². The second kappa shape index (κ2) is 7.23. The van der Waals surface area contributed by atoms with Crippen molar-refractivity contribution in [2.75, 3.05) is 25.0 Å². The van der Waals surface area contributed by atoms with Crippen LogP contribution in [0.25, 0.3) is 0 Å². The molecule has 1 N–H and O–H groups in total. The highest BCUT2D eigenvalue weighted by molar-refractivity contribution is 5.37. The third-order valence-corrected chi connectivity index (χ3v) is 2.58. The van der Waals surface area contributed by atoms with Crippen molar-refractivity contribution in [1.29, 1.82) is 0 Å². The van der Waals surface area contributed by atoms with Gasteiger partial charge in [-0.1, -0.05) is 13.8 Å². The SMILES string of the molecule is CCCN(CC)Cc1ccnc(NCC)c1. The maximum absolute atomic E-state index is 4.28. The van der Waals surface area contributed by atoms with Gasteiger partial charge in [0.25, 0.3) is 0 Å². The van der Waals surface area contributed by atoms with Gasteiger partial charge in [0.2, 0.25) is 0 Å². The Kier molecular flexibility index (Phi) is 5.86. The molecule has 0 radical (unpaired) electrons. The summed E-state index contributed by atoms with van der Waals surface area (Å²) in [6.45, 7) is 10.7. The summed E-state index contributed by atoms with van der Waals surface area (Å²) in [4.78, 5) is 6.73. The van der Waals surface area contributed by atoms with E-state index in [0.29, 0.717) is 0 Å². The lowest BCUT2D eigenvalue weighted by atomic mass is 10.2. The lowest BCUT2D eigenvalue weighted by molar-refractivity contribution is 0.280. The Morgan fingerprint density at radius 3 is 2.75 bits per heavy atom. The molecule has 0 fully saturated rings. The van der Waals surface area contributed by atoms with Crippen LogP contribution in [0.2, 0.25) is 0 Å². The van der Waals surface area contributed by atoms with E-state index in [2.05, 4.69) is 48.1 Å². The van der Waals surface area contributed by atoms with Crippen LogP contribution in [0.5, 0.6) is 0 Å². The molecule has 0 unspecified atom stereocenters. The predicted octanol–water partition coefficient (Wildman–Crippen LogP) is 2.75. The molecule has 0 saturated carbocycles. The van der Waals surface area contributed by atoms with E-state index >= 15 is 0 Å². The van der Waals surface area contributed by atoms with Gasteiger partial charge in [-0.2, -0.15) is 0 Å². The number of nitrogens with zero attached hydrogens (tertiary/aromatic N) is 2.